The molecule has 29 heavy (non-hydrogen) atoms. The molecule has 0 saturated carbocycles. The Morgan fingerprint density at radius 1 is 1.24 bits per heavy atom. The van der Waals surface area contributed by atoms with Crippen LogP contribution in [0.15, 0.2) is 4.99 Å². The summed E-state index contributed by atoms with van der Waals surface area (Å²) in [6, 6.07) is -1.82. The number of aliphatic imine (C=N–C) groups is 1. The van der Waals surface area contributed by atoms with Gasteiger partial charge in [0.15, 0.2) is 15.8 Å². The lowest BCUT2D eigenvalue weighted by molar-refractivity contribution is -0.181. The summed E-state index contributed by atoms with van der Waals surface area (Å²) in [6.45, 7) is 5.27. The van der Waals surface area contributed by atoms with E-state index in [0.29, 0.717) is 32.0 Å². The van der Waals surface area contributed by atoms with Crippen molar-refractivity contribution in [1.82, 2.24) is 20.4 Å². The molecule has 0 aromatic rings. The Hall–Kier alpha value is -1.56. The van der Waals surface area contributed by atoms with Gasteiger partial charge in [0.05, 0.1) is 18.1 Å². The highest BCUT2D eigenvalue weighted by atomic mass is 32.2. The zero-order valence-corrected chi connectivity index (χ0v) is 17.7. The van der Waals surface area contributed by atoms with Gasteiger partial charge >= 0.3 is 6.18 Å². The number of alkyl halides is 3. The molecule has 1 amide bonds. The smallest absolute Gasteiger partial charge is 0.357 e. The van der Waals surface area contributed by atoms with Gasteiger partial charge in [-0.05, 0) is 20.3 Å². The minimum Gasteiger partial charge on any atom is -0.357 e. The van der Waals surface area contributed by atoms with Crippen LogP contribution in [-0.2, 0) is 14.6 Å². The highest BCUT2D eigenvalue weighted by molar-refractivity contribution is 7.91. The summed E-state index contributed by atoms with van der Waals surface area (Å²) in [4.78, 5) is 19.7. The molecule has 2 saturated heterocycles. The number of rotatable bonds is 6. The summed E-state index contributed by atoms with van der Waals surface area (Å²) in [6.07, 6.45) is -3.69. The summed E-state index contributed by atoms with van der Waals surface area (Å²) < 4.78 is 61.5. The lowest BCUT2D eigenvalue weighted by Gasteiger charge is -2.39. The molecule has 0 radical (unpaired) electrons. The first-order valence-corrected chi connectivity index (χ1v) is 11.7. The van der Waals surface area contributed by atoms with E-state index in [2.05, 4.69) is 15.6 Å². The summed E-state index contributed by atoms with van der Waals surface area (Å²) in [5.74, 6) is 0.392. The molecule has 0 aliphatic carbocycles. The van der Waals surface area contributed by atoms with Gasteiger partial charge < -0.3 is 15.5 Å². The molecule has 2 unspecified atom stereocenters. The first kappa shape index (κ1) is 23.7. The predicted molar refractivity (Wildman–Crippen MR) is 104 cm³/mol. The van der Waals surface area contributed by atoms with Gasteiger partial charge in [0, 0.05) is 45.2 Å². The van der Waals surface area contributed by atoms with Gasteiger partial charge in [0.2, 0.25) is 5.91 Å². The Labute approximate surface area is 169 Å². The Morgan fingerprint density at radius 3 is 2.41 bits per heavy atom. The van der Waals surface area contributed by atoms with E-state index < -0.39 is 22.1 Å². The highest BCUT2D eigenvalue weighted by Crippen LogP contribution is 2.25. The summed E-state index contributed by atoms with van der Waals surface area (Å²) in [7, 11) is -3.05. The Kier molecular flexibility index (Phi) is 8.15. The number of hydrogen-bond acceptors (Lipinski definition) is 5. The second-order valence-corrected chi connectivity index (χ2v) is 9.62. The molecule has 2 rings (SSSR count). The van der Waals surface area contributed by atoms with Crippen molar-refractivity contribution in [2.75, 3.05) is 50.8 Å². The third kappa shape index (κ3) is 7.32. The number of nitrogens with zero attached hydrogens (tertiary/aromatic N) is 3. The van der Waals surface area contributed by atoms with Gasteiger partial charge in [0.25, 0.3) is 0 Å². The fourth-order valence-corrected chi connectivity index (χ4v) is 5.10. The molecule has 8 nitrogen and oxygen atoms in total. The van der Waals surface area contributed by atoms with Crippen LogP contribution in [0.25, 0.3) is 0 Å². The Morgan fingerprint density at radius 2 is 1.90 bits per heavy atom. The average molecular weight is 442 g/mol. The standard InChI is InChI=1S/C17H30F3N5O3S/c1-3-21-16(25-9-7-24(8-10-25)13(2)17(18,19)20)22-6-4-15(26)23-14-5-11-29(27,28)12-14/h13-14H,3-12H2,1-2H3,(H,21,22)(H,23,26). The number of hydrogen-bond donors (Lipinski definition) is 2. The molecule has 168 valence electrons. The van der Waals surface area contributed by atoms with Crippen molar-refractivity contribution in [2.24, 2.45) is 4.99 Å². The minimum atomic E-state index is -4.24. The van der Waals surface area contributed by atoms with Crippen LogP contribution in [0.2, 0.25) is 0 Å². The predicted octanol–water partition coefficient (Wildman–Crippen LogP) is 0.214. The monoisotopic (exact) mass is 441 g/mol. The van der Waals surface area contributed by atoms with Crippen LogP contribution in [0, 0.1) is 0 Å². The van der Waals surface area contributed by atoms with E-state index in [-0.39, 0.29) is 49.5 Å². The van der Waals surface area contributed by atoms with Crippen LogP contribution < -0.4 is 10.6 Å². The number of nitrogens with one attached hydrogen (secondary N) is 2. The summed E-state index contributed by atoms with van der Waals surface area (Å²) in [5, 5.41) is 5.83. The molecule has 2 fully saturated rings. The number of carbonyl (C=O) groups excluding carboxylic acids is 1. The second-order valence-electron chi connectivity index (χ2n) is 7.39. The number of sulfone groups is 1. The van der Waals surface area contributed by atoms with Crippen molar-refractivity contribution >= 4 is 21.7 Å². The maximum atomic E-state index is 12.9. The third-order valence-electron chi connectivity index (χ3n) is 5.17. The van der Waals surface area contributed by atoms with Crippen molar-refractivity contribution in [3.63, 3.8) is 0 Å². The van der Waals surface area contributed by atoms with Crippen LogP contribution in [0.1, 0.15) is 26.7 Å². The molecular formula is C17H30F3N5O3S. The van der Waals surface area contributed by atoms with Gasteiger partial charge in [-0.15, -0.1) is 0 Å². The lowest BCUT2D eigenvalue weighted by atomic mass is 10.2. The maximum absolute atomic E-state index is 12.9. The molecule has 0 aromatic heterocycles. The minimum absolute atomic E-state index is 0.0225. The van der Waals surface area contributed by atoms with Gasteiger partial charge in [-0.25, -0.2) is 8.42 Å². The van der Waals surface area contributed by atoms with E-state index in [1.807, 2.05) is 11.8 Å². The topological polar surface area (TPSA) is 94.1 Å². The van der Waals surface area contributed by atoms with E-state index in [1.54, 1.807) is 0 Å². The molecular weight excluding hydrogens is 411 g/mol. The van der Waals surface area contributed by atoms with Gasteiger partial charge in [-0.3, -0.25) is 14.7 Å². The van der Waals surface area contributed by atoms with Crippen molar-refractivity contribution in [3.8, 4) is 0 Å². The van der Waals surface area contributed by atoms with E-state index in [1.165, 1.54) is 11.8 Å². The van der Waals surface area contributed by atoms with Gasteiger partial charge in [-0.2, -0.15) is 13.2 Å². The van der Waals surface area contributed by atoms with Crippen molar-refractivity contribution < 1.29 is 26.4 Å². The van der Waals surface area contributed by atoms with E-state index in [4.69, 9.17) is 0 Å². The molecule has 2 aliphatic rings. The molecule has 2 heterocycles. The summed E-state index contributed by atoms with van der Waals surface area (Å²) >= 11 is 0. The van der Waals surface area contributed by atoms with Crippen LogP contribution in [0.4, 0.5) is 13.2 Å². The third-order valence-corrected chi connectivity index (χ3v) is 6.94. The van der Waals surface area contributed by atoms with Crippen LogP contribution in [-0.4, -0.2) is 99.1 Å². The summed E-state index contributed by atoms with van der Waals surface area (Å²) in [5.41, 5.74) is 0. The molecule has 2 atom stereocenters. The van der Waals surface area contributed by atoms with Gasteiger partial charge in [0.1, 0.15) is 6.04 Å². The first-order valence-electron chi connectivity index (χ1n) is 9.85. The van der Waals surface area contributed by atoms with Crippen LogP contribution in [0.5, 0.6) is 0 Å². The SMILES string of the molecule is CCNC(=NCCC(=O)NC1CCS(=O)(=O)C1)N1CCN(C(C)C(F)(F)F)CC1. The van der Waals surface area contributed by atoms with E-state index in [9.17, 15) is 26.4 Å². The molecule has 0 spiro atoms. The highest BCUT2D eigenvalue weighted by Gasteiger charge is 2.41. The zero-order chi connectivity index (χ0) is 21.7. The van der Waals surface area contributed by atoms with E-state index >= 15 is 0 Å². The first-order chi connectivity index (χ1) is 13.5. The normalized spacial score (nSPS) is 24.4. The molecule has 12 heteroatoms. The molecule has 2 N–H and O–H groups in total. The van der Waals surface area contributed by atoms with Gasteiger partial charge in [-0.1, -0.05) is 0 Å². The Balaban J connectivity index is 1.81. The zero-order valence-electron chi connectivity index (χ0n) is 16.8. The van der Waals surface area contributed by atoms with Crippen molar-refractivity contribution in [1.29, 1.82) is 0 Å². The van der Waals surface area contributed by atoms with Crippen molar-refractivity contribution in [2.45, 2.75) is 44.9 Å². The second kappa shape index (κ2) is 9.96. The average Bonchev–Trinajstić information content (AvgIpc) is 2.98. The number of guanidine groups is 1. The van der Waals surface area contributed by atoms with Crippen molar-refractivity contribution in [3.05, 3.63) is 0 Å². The molecule has 0 aromatic carbocycles. The van der Waals surface area contributed by atoms with Crippen LogP contribution >= 0.6 is 0 Å². The fourth-order valence-electron chi connectivity index (χ4n) is 3.43. The molecule has 0 bridgehead atoms. The maximum Gasteiger partial charge on any atom is 0.403 e. The fraction of sp³-hybridized carbons (Fsp3) is 0.882. The Bertz CT molecular complexity index is 691. The van der Waals surface area contributed by atoms with E-state index in [0.717, 1.165) is 0 Å². The quantitative estimate of drug-likeness (QED) is 0.452. The number of halogens is 3. The number of carbonyl (C=O) groups is 1. The number of amides is 1. The van der Waals surface area contributed by atoms with Crippen LogP contribution in [0.3, 0.4) is 0 Å². The molecule has 2 aliphatic heterocycles. The number of piperazine rings is 1. The lowest BCUT2D eigenvalue weighted by Crippen LogP contribution is -2.56. The largest absolute Gasteiger partial charge is 0.403 e.